The van der Waals surface area contributed by atoms with Gasteiger partial charge in [0.1, 0.15) is 5.51 Å². The second-order valence-electron chi connectivity index (χ2n) is 6.56. The first-order valence-corrected chi connectivity index (χ1v) is 10.0. The fourth-order valence-corrected chi connectivity index (χ4v) is 5.18. The highest BCUT2D eigenvalue weighted by molar-refractivity contribution is 8.01. The molecule has 2 N–H and O–H groups in total. The Morgan fingerprint density at radius 3 is 2.67 bits per heavy atom. The molecular formula is C17H20N4OS2. The van der Waals surface area contributed by atoms with E-state index in [1.165, 1.54) is 24.2 Å². The molecule has 2 aromatic rings. The summed E-state index contributed by atoms with van der Waals surface area (Å²) in [6.07, 6.45) is 5.46. The van der Waals surface area contributed by atoms with Gasteiger partial charge >= 0.3 is 0 Å². The smallest absolute Gasteiger partial charge is 0.224 e. The summed E-state index contributed by atoms with van der Waals surface area (Å²) in [6.45, 7) is 0. The van der Waals surface area contributed by atoms with E-state index >= 15 is 0 Å². The molecule has 0 saturated carbocycles. The lowest BCUT2D eigenvalue weighted by molar-refractivity contribution is -0.117. The normalized spacial score (nSPS) is 25.6. The van der Waals surface area contributed by atoms with E-state index in [1.807, 2.05) is 24.3 Å². The maximum atomic E-state index is 12.3. The first-order chi connectivity index (χ1) is 11.7. The molecule has 0 aliphatic carbocycles. The van der Waals surface area contributed by atoms with Gasteiger partial charge in [0, 0.05) is 29.1 Å². The molecule has 1 aromatic heterocycles. The fourth-order valence-electron chi connectivity index (χ4n) is 3.73. The average Bonchev–Trinajstić information content (AvgIpc) is 3.19. The Kier molecular flexibility index (Phi) is 4.82. The molecule has 3 heterocycles. The van der Waals surface area contributed by atoms with E-state index in [0.29, 0.717) is 24.4 Å². The predicted octanol–water partition coefficient (Wildman–Crippen LogP) is 3.55. The average molecular weight is 361 g/mol. The summed E-state index contributed by atoms with van der Waals surface area (Å²) in [5.74, 6) is 0.654. The van der Waals surface area contributed by atoms with E-state index in [9.17, 15) is 4.79 Å². The van der Waals surface area contributed by atoms with Crippen LogP contribution >= 0.6 is 23.1 Å². The second kappa shape index (κ2) is 7.21. The number of nitrogens with one attached hydrogen (secondary N) is 2. The fraction of sp³-hybridized carbons (Fsp3) is 0.471. The Morgan fingerprint density at radius 2 is 2.00 bits per heavy atom. The van der Waals surface area contributed by atoms with Crippen molar-refractivity contribution in [2.45, 2.75) is 53.4 Å². The number of aromatic nitrogens is 2. The number of piperidine rings is 1. The van der Waals surface area contributed by atoms with E-state index in [4.69, 9.17) is 0 Å². The van der Waals surface area contributed by atoms with E-state index in [2.05, 4.69) is 20.8 Å². The molecule has 0 spiro atoms. The molecule has 7 heteroatoms. The van der Waals surface area contributed by atoms with Gasteiger partial charge in [-0.3, -0.25) is 4.79 Å². The molecule has 126 valence electrons. The number of nitrogens with zero attached hydrogens (tertiary/aromatic N) is 2. The minimum Gasteiger partial charge on any atom is -0.326 e. The Hall–Kier alpha value is -1.44. The lowest BCUT2D eigenvalue weighted by atomic mass is 9.89. The molecule has 2 unspecified atom stereocenters. The van der Waals surface area contributed by atoms with Crippen LogP contribution in [0.25, 0.3) is 0 Å². The summed E-state index contributed by atoms with van der Waals surface area (Å²) < 4.78 is 0.923. The van der Waals surface area contributed by atoms with Crippen LogP contribution in [0.3, 0.4) is 0 Å². The summed E-state index contributed by atoms with van der Waals surface area (Å²) in [7, 11) is 0. The topological polar surface area (TPSA) is 66.9 Å². The number of fused-ring (bicyclic) bond motifs is 2. The van der Waals surface area contributed by atoms with E-state index in [-0.39, 0.29) is 5.91 Å². The SMILES string of the molecule is O=C(CC1CC2CCC(C1)N2)Nc1ccc(Sc2nncs2)cc1. The molecule has 2 bridgehead atoms. The lowest BCUT2D eigenvalue weighted by Gasteiger charge is -2.28. The Balaban J connectivity index is 1.29. The highest BCUT2D eigenvalue weighted by atomic mass is 32.2. The van der Waals surface area contributed by atoms with E-state index in [1.54, 1.807) is 17.3 Å². The molecule has 4 rings (SSSR count). The lowest BCUT2D eigenvalue weighted by Crippen LogP contribution is -2.39. The summed E-state index contributed by atoms with van der Waals surface area (Å²) >= 11 is 3.11. The van der Waals surface area contributed by atoms with Crippen LogP contribution in [-0.2, 0) is 4.79 Å². The number of hydrogen-bond donors (Lipinski definition) is 2. The molecule has 24 heavy (non-hydrogen) atoms. The van der Waals surface area contributed by atoms with Gasteiger partial charge in [0.2, 0.25) is 5.91 Å². The molecule has 1 aromatic carbocycles. The van der Waals surface area contributed by atoms with Crippen LogP contribution in [0.15, 0.2) is 39.0 Å². The Labute approximate surface area is 149 Å². The zero-order chi connectivity index (χ0) is 16.4. The number of carbonyl (C=O) groups excluding carboxylic acids is 1. The number of carbonyl (C=O) groups is 1. The van der Waals surface area contributed by atoms with Crippen LogP contribution in [0, 0.1) is 5.92 Å². The zero-order valence-electron chi connectivity index (χ0n) is 13.3. The second-order valence-corrected chi connectivity index (χ2v) is 8.71. The van der Waals surface area contributed by atoms with Gasteiger partial charge in [-0.2, -0.15) is 0 Å². The van der Waals surface area contributed by atoms with Crippen LogP contribution in [0.2, 0.25) is 0 Å². The van der Waals surface area contributed by atoms with Crippen LogP contribution in [0.5, 0.6) is 0 Å². The number of amides is 1. The van der Waals surface area contributed by atoms with Crippen molar-refractivity contribution in [1.82, 2.24) is 15.5 Å². The minimum atomic E-state index is 0.130. The minimum absolute atomic E-state index is 0.130. The molecule has 2 aliphatic rings. The van der Waals surface area contributed by atoms with Crippen molar-refractivity contribution in [3.63, 3.8) is 0 Å². The van der Waals surface area contributed by atoms with Crippen LogP contribution in [0.4, 0.5) is 5.69 Å². The van der Waals surface area contributed by atoms with E-state index < -0.39 is 0 Å². The highest BCUT2D eigenvalue weighted by Gasteiger charge is 2.34. The molecule has 2 atom stereocenters. The van der Waals surface area contributed by atoms with Crippen LogP contribution in [0.1, 0.15) is 32.1 Å². The zero-order valence-corrected chi connectivity index (χ0v) is 14.9. The quantitative estimate of drug-likeness (QED) is 0.853. The van der Waals surface area contributed by atoms with Crippen molar-refractivity contribution < 1.29 is 4.79 Å². The number of hydrogen-bond acceptors (Lipinski definition) is 6. The number of benzene rings is 1. The van der Waals surface area contributed by atoms with Gasteiger partial charge in [0.25, 0.3) is 0 Å². The van der Waals surface area contributed by atoms with Crippen molar-refractivity contribution in [2.24, 2.45) is 5.92 Å². The molecule has 2 aliphatic heterocycles. The van der Waals surface area contributed by atoms with Gasteiger partial charge < -0.3 is 10.6 Å². The van der Waals surface area contributed by atoms with Crippen molar-refractivity contribution in [2.75, 3.05) is 5.32 Å². The maximum Gasteiger partial charge on any atom is 0.224 e. The summed E-state index contributed by atoms with van der Waals surface area (Å²) in [4.78, 5) is 13.4. The number of rotatable bonds is 5. The standard InChI is InChI=1S/C17H20N4OS2/c22-16(9-11-7-13-1-2-14(8-11)19-13)20-12-3-5-15(6-4-12)24-17-21-18-10-23-17/h3-6,10-11,13-14,19H,1-2,7-9H2,(H,20,22). The highest BCUT2D eigenvalue weighted by Crippen LogP contribution is 2.33. The van der Waals surface area contributed by atoms with Gasteiger partial charge in [-0.25, -0.2) is 0 Å². The Bertz CT molecular complexity index is 677. The largest absolute Gasteiger partial charge is 0.326 e. The monoisotopic (exact) mass is 360 g/mol. The van der Waals surface area contributed by atoms with Gasteiger partial charge in [-0.05, 0) is 55.9 Å². The first kappa shape index (κ1) is 16.1. The van der Waals surface area contributed by atoms with Crippen molar-refractivity contribution >= 4 is 34.7 Å². The predicted molar refractivity (Wildman–Crippen MR) is 96.4 cm³/mol. The van der Waals surface area contributed by atoms with Crippen LogP contribution in [-0.4, -0.2) is 28.2 Å². The van der Waals surface area contributed by atoms with Crippen molar-refractivity contribution in [3.8, 4) is 0 Å². The van der Waals surface area contributed by atoms with E-state index in [0.717, 1.165) is 27.8 Å². The Morgan fingerprint density at radius 1 is 1.25 bits per heavy atom. The third-order valence-electron chi connectivity index (χ3n) is 4.73. The molecular weight excluding hydrogens is 340 g/mol. The number of anilines is 1. The summed E-state index contributed by atoms with van der Waals surface area (Å²) in [5.41, 5.74) is 2.59. The van der Waals surface area contributed by atoms with Gasteiger partial charge in [0.15, 0.2) is 4.34 Å². The van der Waals surface area contributed by atoms with Crippen molar-refractivity contribution in [3.05, 3.63) is 29.8 Å². The van der Waals surface area contributed by atoms with Gasteiger partial charge in [-0.15, -0.1) is 10.2 Å². The molecule has 1 amide bonds. The maximum absolute atomic E-state index is 12.3. The van der Waals surface area contributed by atoms with Crippen LogP contribution < -0.4 is 10.6 Å². The third-order valence-corrected chi connectivity index (χ3v) is 6.51. The molecule has 5 nitrogen and oxygen atoms in total. The van der Waals surface area contributed by atoms with Gasteiger partial charge in [0.05, 0.1) is 0 Å². The molecule has 0 radical (unpaired) electrons. The molecule has 2 saturated heterocycles. The third kappa shape index (κ3) is 3.96. The van der Waals surface area contributed by atoms with Gasteiger partial charge in [-0.1, -0.05) is 23.1 Å². The first-order valence-electron chi connectivity index (χ1n) is 8.34. The summed E-state index contributed by atoms with van der Waals surface area (Å²) in [5, 5.41) is 14.5. The van der Waals surface area contributed by atoms with Crippen molar-refractivity contribution in [1.29, 1.82) is 0 Å². The summed E-state index contributed by atoms with van der Waals surface area (Å²) in [6, 6.07) is 9.19. The molecule has 2 fully saturated rings.